The van der Waals surface area contributed by atoms with Gasteiger partial charge in [0.05, 0.1) is 16.6 Å². The lowest BCUT2D eigenvalue weighted by Crippen LogP contribution is -2.17. The van der Waals surface area contributed by atoms with Gasteiger partial charge in [-0.2, -0.15) is 8.78 Å². The normalized spacial score (nSPS) is 11.9. The molecule has 2 N–H and O–H groups in total. The maximum atomic E-state index is 14.2. The number of hydrogen-bond acceptors (Lipinski definition) is 6. The average Bonchev–Trinajstić information content (AvgIpc) is 3.44. The van der Waals surface area contributed by atoms with Crippen molar-refractivity contribution in [2.75, 3.05) is 4.90 Å². The topological polar surface area (TPSA) is 95.8 Å². The van der Waals surface area contributed by atoms with Crippen LogP contribution in [0.1, 0.15) is 11.1 Å². The summed E-state index contributed by atoms with van der Waals surface area (Å²) < 4.78 is 45.5. The van der Waals surface area contributed by atoms with Gasteiger partial charge in [0.15, 0.2) is 0 Å². The minimum Gasteiger partial charge on any atom is -0.457 e. The first-order valence-electron chi connectivity index (χ1n) is 11.9. The predicted molar refractivity (Wildman–Crippen MR) is 157 cm³/mol. The van der Waals surface area contributed by atoms with Crippen LogP contribution >= 0.6 is 42.1 Å². The van der Waals surface area contributed by atoms with Gasteiger partial charge in [-0.3, -0.25) is 4.57 Å². The van der Waals surface area contributed by atoms with E-state index in [2.05, 4.69) is 10.2 Å². The second-order valence-electron chi connectivity index (χ2n) is 8.80. The summed E-state index contributed by atoms with van der Waals surface area (Å²) in [6, 6.07) is 26.5. The molecule has 5 aromatic rings. The van der Waals surface area contributed by atoms with E-state index in [1.807, 2.05) is 54.6 Å². The van der Waals surface area contributed by atoms with Gasteiger partial charge in [-0.25, -0.2) is 0 Å². The van der Waals surface area contributed by atoms with Gasteiger partial charge in [-0.15, -0.1) is 10.2 Å². The molecule has 0 atom stereocenters. The molecule has 0 aliphatic heterocycles. The number of halogens is 4. The van der Waals surface area contributed by atoms with E-state index in [9.17, 15) is 13.3 Å². The number of ether oxygens (including phenoxy) is 1. The quantitative estimate of drug-likeness (QED) is 0.156. The van der Waals surface area contributed by atoms with Gasteiger partial charge >= 0.3 is 13.3 Å². The number of rotatable bonds is 9. The molecule has 210 valence electrons. The molecule has 0 saturated heterocycles. The zero-order chi connectivity index (χ0) is 29.2. The van der Waals surface area contributed by atoms with Crippen molar-refractivity contribution in [1.82, 2.24) is 10.2 Å². The maximum absolute atomic E-state index is 14.2. The highest BCUT2D eigenvalue weighted by Crippen LogP contribution is 2.59. The van der Waals surface area contributed by atoms with Crippen LogP contribution in [0.5, 0.6) is 11.5 Å². The summed E-state index contributed by atoms with van der Waals surface area (Å²) in [6.07, 6.45) is 0. The predicted octanol–water partition coefficient (Wildman–Crippen LogP) is 8.87. The Kier molecular flexibility index (Phi) is 8.42. The number of nitrogens with zero attached hydrogens (tertiary/aromatic N) is 3. The molecule has 5 rings (SSSR count). The van der Waals surface area contributed by atoms with Crippen LogP contribution in [0.25, 0.3) is 10.6 Å². The zero-order valence-corrected chi connectivity index (χ0v) is 24.1. The van der Waals surface area contributed by atoms with Gasteiger partial charge in [0.2, 0.25) is 5.13 Å². The van der Waals surface area contributed by atoms with E-state index >= 15 is 0 Å². The third-order valence-corrected chi connectivity index (χ3v) is 8.65. The van der Waals surface area contributed by atoms with Crippen LogP contribution in [0.2, 0.25) is 10.0 Å². The standard InChI is InChI=1S/C28H20Cl2F2N3O4PS/c29-24-14-13-21(16-25(24)30)35(17-18-9-11-20(12-10-18)28(31,32)40(36,37)38)27-34-33-26(41-27)19-5-4-8-23(15-19)39-22-6-2-1-3-7-22/h1-16H,17H2,(H2,36,37,38). The Morgan fingerprint density at radius 1 is 0.854 bits per heavy atom. The Balaban J connectivity index is 1.45. The fraction of sp³-hybridized carbons (Fsp3) is 0.0714. The summed E-state index contributed by atoms with van der Waals surface area (Å²) >= 11 is 13.7. The molecule has 0 amide bonds. The van der Waals surface area contributed by atoms with Gasteiger partial charge in [0.25, 0.3) is 0 Å². The van der Waals surface area contributed by atoms with Crippen LogP contribution in [0.15, 0.2) is 97.1 Å². The van der Waals surface area contributed by atoms with Gasteiger partial charge in [-0.05, 0) is 48.0 Å². The Hall–Kier alpha value is -3.37. The molecule has 0 spiro atoms. The summed E-state index contributed by atoms with van der Waals surface area (Å²) in [5, 5.41) is 10.5. The second-order valence-corrected chi connectivity index (χ2v) is 12.2. The average molecular weight is 634 g/mol. The van der Waals surface area contributed by atoms with Crippen LogP contribution < -0.4 is 9.64 Å². The van der Waals surface area contributed by atoms with Crippen LogP contribution in [-0.4, -0.2) is 20.0 Å². The third-order valence-electron chi connectivity index (χ3n) is 5.93. The first kappa shape index (κ1) is 29.1. The lowest BCUT2D eigenvalue weighted by Gasteiger charge is -2.23. The van der Waals surface area contributed by atoms with Crippen molar-refractivity contribution >= 4 is 53.0 Å². The molecule has 7 nitrogen and oxygen atoms in total. The third kappa shape index (κ3) is 6.59. The number of hydrogen-bond donors (Lipinski definition) is 2. The monoisotopic (exact) mass is 633 g/mol. The van der Waals surface area contributed by atoms with E-state index in [0.29, 0.717) is 42.9 Å². The second kappa shape index (κ2) is 11.9. The van der Waals surface area contributed by atoms with Gasteiger partial charge < -0.3 is 19.4 Å². The van der Waals surface area contributed by atoms with Crippen LogP contribution in [0, 0.1) is 0 Å². The van der Waals surface area contributed by atoms with Crippen LogP contribution in [0.3, 0.4) is 0 Å². The molecule has 0 fully saturated rings. The largest absolute Gasteiger partial charge is 0.457 e. The molecule has 41 heavy (non-hydrogen) atoms. The van der Waals surface area contributed by atoms with Crippen molar-refractivity contribution in [1.29, 1.82) is 0 Å². The molecular formula is C28H20Cl2F2N3O4PS. The van der Waals surface area contributed by atoms with Gasteiger partial charge in [0.1, 0.15) is 16.5 Å². The summed E-state index contributed by atoms with van der Waals surface area (Å²) in [6.45, 7) is 0.158. The fourth-order valence-electron chi connectivity index (χ4n) is 3.84. The molecule has 4 aromatic carbocycles. The highest BCUT2D eigenvalue weighted by atomic mass is 35.5. The molecule has 0 radical (unpaired) electrons. The molecule has 1 aromatic heterocycles. The van der Waals surface area contributed by atoms with Crippen LogP contribution in [0.4, 0.5) is 19.6 Å². The molecule has 0 saturated carbocycles. The molecule has 0 aliphatic carbocycles. The zero-order valence-electron chi connectivity index (χ0n) is 20.9. The number of alkyl halides is 2. The summed E-state index contributed by atoms with van der Waals surface area (Å²) in [5.41, 5.74) is -3.13. The number of benzene rings is 4. The maximum Gasteiger partial charge on any atom is 0.399 e. The summed E-state index contributed by atoms with van der Waals surface area (Å²) in [4.78, 5) is 19.9. The molecule has 0 aliphatic rings. The molecule has 0 bridgehead atoms. The minimum absolute atomic E-state index is 0.158. The van der Waals surface area contributed by atoms with Crippen molar-refractivity contribution in [3.8, 4) is 22.1 Å². The Morgan fingerprint density at radius 3 is 2.24 bits per heavy atom. The summed E-state index contributed by atoms with van der Waals surface area (Å²) in [5.74, 6) is 1.32. The number of aromatic nitrogens is 2. The van der Waals surface area contributed by atoms with E-state index in [1.54, 1.807) is 23.1 Å². The molecule has 1 heterocycles. The summed E-state index contributed by atoms with van der Waals surface area (Å²) in [7, 11) is -5.69. The molecular weight excluding hydrogens is 614 g/mol. The SMILES string of the molecule is O=P(O)(O)C(F)(F)c1ccc(CN(c2ccc(Cl)c(Cl)c2)c2nnc(-c3cccc(Oc4ccccc4)c3)s2)cc1. The first-order valence-corrected chi connectivity index (χ1v) is 15.1. The lowest BCUT2D eigenvalue weighted by atomic mass is 10.1. The van der Waals surface area contributed by atoms with E-state index < -0.39 is 18.8 Å². The van der Waals surface area contributed by atoms with Gasteiger partial charge in [-0.1, -0.05) is 89.1 Å². The lowest BCUT2D eigenvalue weighted by molar-refractivity contribution is 0.0564. The fourth-order valence-corrected chi connectivity index (χ4v) is 5.48. The van der Waals surface area contributed by atoms with Crippen LogP contribution in [-0.2, 0) is 16.8 Å². The number of para-hydroxylation sites is 1. The minimum atomic E-state index is -5.69. The van der Waals surface area contributed by atoms with Crippen molar-refractivity contribution in [3.63, 3.8) is 0 Å². The van der Waals surface area contributed by atoms with Gasteiger partial charge in [0, 0.05) is 16.8 Å². The highest BCUT2D eigenvalue weighted by Gasteiger charge is 2.50. The molecule has 13 heteroatoms. The van der Waals surface area contributed by atoms with E-state index in [1.165, 1.54) is 23.5 Å². The van der Waals surface area contributed by atoms with Crippen molar-refractivity contribution in [2.24, 2.45) is 0 Å². The first-order chi connectivity index (χ1) is 19.5. The van der Waals surface area contributed by atoms with E-state index in [0.717, 1.165) is 17.7 Å². The van der Waals surface area contributed by atoms with E-state index in [4.69, 9.17) is 37.7 Å². The Labute approximate surface area is 247 Å². The smallest absolute Gasteiger partial charge is 0.399 e. The molecule has 0 unspecified atom stereocenters. The van der Waals surface area contributed by atoms with Crippen molar-refractivity contribution in [2.45, 2.75) is 12.2 Å². The highest BCUT2D eigenvalue weighted by molar-refractivity contribution is 7.52. The Bertz CT molecular complexity index is 1720. The van der Waals surface area contributed by atoms with E-state index in [-0.39, 0.29) is 6.54 Å². The van der Waals surface area contributed by atoms with Crippen molar-refractivity contribution in [3.05, 3.63) is 118 Å². The Morgan fingerprint density at radius 2 is 1.56 bits per heavy atom. The number of anilines is 2. The van der Waals surface area contributed by atoms with Crippen molar-refractivity contribution < 1.29 is 27.9 Å².